The molecule has 1 aromatic carbocycles. The van der Waals surface area contributed by atoms with Gasteiger partial charge in [-0.05, 0) is 18.5 Å². The molecule has 1 saturated heterocycles. The zero-order chi connectivity index (χ0) is 17.6. The molecule has 1 aliphatic rings. The number of aryl methyl sites for hydroxylation is 1. The highest BCUT2D eigenvalue weighted by molar-refractivity contribution is 5.89. The standard InChI is InChI=1S/C18H25N5O2/c1-22-11-16(9-19-22)20-18(25)21-17-12-23(8-7-15(17)13-24)10-14-5-3-2-4-6-14/h2-6,9,11,15,17,24H,7-8,10,12-13H2,1H3,(H2,20,21,25). The van der Waals surface area contributed by atoms with Crippen molar-refractivity contribution in [3.05, 3.63) is 48.3 Å². The lowest BCUT2D eigenvalue weighted by atomic mass is 9.92. The molecule has 2 aromatic rings. The van der Waals surface area contributed by atoms with Crippen molar-refractivity contribution in [1.29, 1.82) is 0 Å². The fraction of sp³-hybridized carbons (Fsp3) is 0.444. The molecular formula is C18H25N5O2. The number of aliphatic hydroxyl groups is 1. The Kier molecular flexibility index (Phi) is 5.67. The van der Waals surface area contributed by atoms with Crippen LogP contribution in [0.15, 0.2) is 42.7 Å². The van der Waals surface area contributed by atoms with Crippen molar-refractivity contribution < 1.29 is 9.90 Å². The van der Waals surface area contributed by atoms with Gasteiger partial charge in [0.15, 0.2) is 0 Å². The van der Waals surface area contributed by atoms with Crippen molar-refractivity contribution in [2.24, 2.45) is 13.0 Å². The van der Waals surface area contributed by atoms with E-state index in [1.54, 1.807) is 24.1 Å². The molecule has 0 radical (unpaired) electrons. The lowest BCUT2D eigenvalue weighted by Crippen LogP contribution is -2.54. The first-order valence-electron chi connectivity index (χ1n) is 8.57. The monoisotopic (exact) mass is 343 g/mol. The maximum Gasteiger partial charge on any atom is 0.319 e. The zero-order valence-corrected chi connectivity index (χ0v) is 14.4. The number of piperidine rings is 1. The van der Waals surface area contributed by atoms with Gasteiger partial charge in [0.1, 0.15) is 0 Å². The Bertz CT molecular complexity index is 688. The van der Waals surface area contributed by atoms with Gasteiger partial charge in [-0.2, -0.15) is 5.10 Å². The van der Waals surface area contributed by atoms with E-state index in [1.165, 1.54) is 5.56 Å². The fourth-order valence-electron chi connectivity index (χ4n) is 3.26. The first kappa shape index (κ1) is 17.4. The van der Waals surface area contributed by atoms with Gasteiger partial charge in [-0.15, -0.1) is 0 Å². The van der Waals surface area contributed by atoms with E-state index in [2.05, 4.69) is 32.8 Å². The highest BCUT2D eigenvalue weighted by Gasteiger charge is 2.30. The molecule has 2 heterocycles. The minimum Gasteiger partial charge on any atom is -0.396 e. The van der Waals surface area contributed by atoms with Crippen LogP contribution in [0.1, 0.15) is 12.0 Å². The number of nitrogens with zero attached hydrogens (tertiary/aromatic N) is 3. The third-order valence-electron chi connectivity index (χ3n) is 4.60. The number of nitrogens with one attached hydrogen (secondary N) is 2. The summed E-state index contributed by atoms with van der Waals surface area (Å²) in [7, 11) is 1.80. The van der Waals surface area contributed by atoms with Crippen LogP contribution in [0, 0.1) is 5.92 Å². The molecule has 2 atom stereocenters. The number of carbonyl (C=O) groups is 1. The second-order valence-electron chi connectivity index (χ2n) is 6.56. The van der Waals surface area contributed by atoms with Gasteiger partial charge in [0.2, 0.25) is 0 Å². The van der Waals surface area contributed by atoms with E-state index >= 15 is 0 Å². The summed E-state index contributed by atoms with van der Waals surface area (Å²) in [5, 5.41) is 19.5. The molecule has 0 saturated carbocycles. The van der Waals surface area contributed by atoms with Gasteiger partial charge in [-0.3, -0.25) is 9.58 Å². The molecule has 3 rings (SSSR count). The van der Waals surface area contributed by atoms with Gasteiger partial charge >= 0.3 is 6.03 Å². The Morgan fingerprint density at radius 2 is 2.16 bits per heavy atom. The number of urea groups is 1. The number of likely N-dealkylation sites (tertiary alicyclic amines) is 1. The molecule has 2 unspecified atom stereocenters. The average Bonchev–Trinajstić information content (AvgIpc) is 3.01. The number of rotatable bonds is 5. The van der Waals surface area contributed by atoms with Gasteiger partial charge in [0.25, 0.3) is 0 Å². The zero-order valence-electron chi connectivity index (χ0n) is 14.4. The second kappa shape index (κ2) is 8.13. The van der Waals surface area contributed by atoms with E-state index in [0.717, 1.165) is 26.1 Å². The molecular weight excluding hydrogens is 318 g/mol. The fourth-order valence-corrected chi connectivity index (χ4v) is 3.26. The van der Waals surface area contributed by atoms with Crippen LogP contribution in [0.25, 0.3) is 0 Å². The number of benzene rings is 1. The van der Waals surface area contributed by atoms with Crippen LogP contribution in [-0.2, 0) is 13.6 Å². The molecule has 1 aliphatic heterocycles. The van der Waals surface area contributed by atoms with Crippen molar-refractivity contribution in [1.82, 2.24) is 20.0 Å². The van der Waals surface area contributed by atoms with Gasteiger partial charge in [0.05, 0.1) is 11.9 Å². The molecule has 0 bridgehead atoms. The minimum atomic E-state index is -0.266. The maximum atomic E-state index is 12.3. The lowest BCUT2D eigenvalue weighted by Gasteiger charge is -2.38. The van der Waals surface area contributed by atoms with Gasteiger partial charge in [-0.1, -0.05) is 30.3 Å². The topological polar surface area (TPSA) is 82.4 Å². The normalized spacial score (nSPS) is 21.0. The summed E-state index contributed by atoms with van der Waals surface area (Å²) >= 11 is 0. The summed E-state index contributed by atoms with van der Waals surface area (Å²) in [6.45, 7) is 2.57. The molecule has 134 valence electrons. The summed E-state index contributed by atoms with van der Waals surface area (Å²) in [5.74, 6) is 0.0756. The van der Waals surface area contributed by atoms with Crippen LogP contribution < -0.4 is 10.6 Å². The van der Waals surface area contributed by atoms with Crippen LogP contribution in [0.5, 0.6) is 0 Å². The van der Waals surface area contributed by atoms with Crippen molar-refractivity contribution in [2.45, 2.75) is 19.0 Å². The van der Waals surface area contributed by atoms with Crippen LogP contribution in [0.3, 0.4) is 0 Å². The van der Waals surface area contributed by atoms with Gasteiger partial charge in [-0.25, -0.2) is 4.79 Å². The molecule has 2 amide bonds. The molecule has 25 heavy (non-hydrogen) atoms. The van der Waals surface area contributed by atoms with E-state index in [4.69, 9.17) is 0 Å². The number of aromatic nitrogens is 2. The summed E-state index contributed by atoms with van der Waals surface area (Å²) in [5.41, 5.74) is 1.90. The Morgan fingerprint density at radius 1 is 1.36 bits per heavy atom. The molecule has 0 spiro atoms. The van der Waals surface area contributed by atoms with E-state index in [0.29, 0.717) is 5.69 Å². The largest absolute Gasteiger partial charge is 0.396 e. The van der Waals surface area contributed by atoms with Gasteiger partial charge in [0, 0.05) is 44.9 Å². The Labute approximate surface area is 147 Å². The molecule has 7 nitrogen and oxygen atoms in total. The third kappa shape index (κ3) is 4.80. The summed E-state index contributed by atoms with van der Waals surface area (Å²) in [4.78, 5) is 14.6. The Hall–Kier alpha value is -2.38. The van der Waals surface area contributed by atoms with Crippen molar-refractivity contribution >= 4 is 11.7 Å². The van der Waals surface area contributed by atoms with E-state index in [-0.39, 0.29) is 24.6 Å². The summed E-state index contributed by atoms with van der Waals surface area (Å²) < 4.78 is 1.63. The van der Waals surface area contributed by atoms with Crippen LogP contribution in [0.2, 0.25) is 0 Å². The number of anilines is 1. The van der Waals surface area contributed by atoms with Crippen molar-refractivity contribution in [2.75, 3.05) is 25.0 Å². The molecule has 1 fully saturated rings. The Balaban J connectivity index is 1.57. The van der Waals surface area contributed by atoms with E-state index in [9.17, 15) is 9.90 Å². The van der Waals surface area contributed by atoms with Crippen LogP contribution in [0.4, 0.5) is 10.5 Å². The minimum absolute atomic E-state index is 0.0756. The van der Waals surface area contributed by atoms with Crippen molar-refractivity contribution in [3.63, 3.8) is 0 Å². The number of hydrogen-bond acceptors (Lipinski definition) is 4. The summed E-state index contributed by atoms with van der Waals surface area (Å²) in [6, 6.07) is 9.94. The highest BCUT2D eigenvalue weighted by Crippen LogP contribution is 2.19. The predicted octanol–water partition coefficient (Wildman–Crippen LogP) is 1.42. The second-order valence-corrected chi connectivity index (χ2v) is 6.56. The number of hydrogen-bond donors (Lipinski definition) is 3. The molecule has 3 N–H and O–H groups in total. The van der Waals surface area contributed by atoms with E-state index < -0.39 is 0 Å². The molecule has 0 aliphatic carbocycles. The van der Waals surface area contributed by atoms with Crippen molar-refractivity contribution in [3.8, 4) is 0 Å². The number of aliphatic hydroxyl groups excluding tert-OH is 1. The van der Waals surface area contributed by atoms with Crippen LogP contribution in [-0.4, -0.2) is 51.6 Å². The third-order valence-corrected chi connectivity index (χ3v) is 4.60. The van der Waals surface area contributed by atoms with Gasteiger partial charge < -0.3 is 15.7 Å². The summed E-state index contributed by atoms with van der Waals surface area (Å²) in [6.07, 6.45) is 4.21. The molecule has 7 heteroatoms. The number of amides is 2. The van der Waals surface area contributed by atoms with E-state index in [1.807, 2.05) is 18.2 Å². The SMILES string of the molecule is Cn1cc(NC(=O)NC2CN(Cc3ccccc3)CCC2CO)cn1. The first-order chi connectivity index (χ1) is 12.1. The quantitative estimate of drug-likeness (QED) is 0.767. The average molecular weight is 343 g/mol. The van der Waals surface area contributed by atoms with Crippen LogP contribution >= 0.6 is 0 Å². The number of carbonyl (C=O) groups excluding carboxylic acids is 1. The Morgan fingerprint density at radius 3 is 2.84 bits per heavy atom. The predicted molar refractivity (Wildman–Crippen MR) is 96.1 cm³/mol. The lowest BCUT2D eigenvalue weighted by molar-refractivity contribution is 0.0958. The molecule has 1 aromatic heterocycles. The highest BCUT2D eigenvalue weighted by atomic mass is 16.3. The smallest absolute Gasteiger partial charge is 0.319 e. The maximum absolute atomic E-state index is 12.3. The first-order valence-corrected chi connectivity index (χ1v) is 8.57.